The van der Waals surface area contributed by atoms with Gasteiger partial charge in [0, 0.05) is 53.4 Å². The van der Waals surface area contributed by atoms with Gasteiger partial charge in [0.05, 0.1) is 5.52 Å². The van der Waals surface area contributed by atoms with Crippen molar-refractivity contribution in [1.82, 2.24) is 24.8 Å². The van der Waals surface area contributed by atoms with Crippen LogP contribution in [0.4, 0.5) is 23.8 Å². The number of hydrogen-bond donors (Lipinski definition) is 3. The van der Waals surface area contributed by atoms with Gasteiger partial charge in [0.1, 0.15) is 16.4 Å². The molecule has 14 heteroatoms. The van der Waals surface area contributed by atoms with E-state index in [-0.39, 0.29) is 33.4 Å². The van der Waals surface area contributed by atoms with E-state index in [4.69, 9.17) is 0 Å². The number of urea groups is 1. The maximum Gasteiger partial charge on any atom is 0.434 e. The van der Waals surface area contributed by atoms with Crippen molar-refractivity contribution >= 4 is 40.1 Å². The monoisotopic (exact) mass is 586 g/mol. The molecule has 4 aromatic rings. The number of carboxylic acids is 1. The van der Waals surface area contributed by atoms with Crippen LogP contribution in [0.2, 0.25) is 0 Å². The summed E-state index contributed by atoms with van der Waals surface area (Å²) in [4.78, 5) is 47.5. The number of aromatic nitrogens is 3. The van der Waals surface area contributed by atoms with Crippen LogP contribution in [0.25, 0.3) is 32.6 Å². The van der Waals surface area contributed by atoms with Crippen molar-refractivity contribution in [2.24, 2.45) is 0 Å². The summed E-state index contributed by atoms with van der Waals surface area (Å²) in [5.41, 5.74) is -0.548. The third-order valence-corrected chi connectivity index (χ3v) is 7.72. The zero-order valence-electron chi connectivity index (χ0n) is 22.0. The van der Waals surface area contributed by atoms with Gasteiger partial charge in [0.15, 0.2) is 5.69 Å². The number of rotatable bonds is 6. The molecule has 3 N–H and O–H groups in total. The summed E-state index contributed by atoms with van der Waals surface area (Å²) < 4.78 is 41.9. The molecular formula is C27H25F3N6O4S. The van der Waals surface area contributed by atoms with E-state index in [9.17, 15) is 32.7 Å². The largest absolute Gasteiger partial charge is 0.477 e. The quantitative estimate of drug-likeness (QED) is 0.292. The van der Waals surface area contributed by atoms with Crippen LogP contribution in [0, 0.1) is 0 Å². The number of carboxylic acid groups (broad SMARTS) is 1. The lowest BCUT2D eigenvalue weighted by atomic mass is 9.99. The van der Waals surface area contributed by atoms with Crippen molar-refractivity contribution in [3.63, 3.8) is 0 Å². The van der Waals surface area contributed by atoms with Crippen molar-refractivity contribution in [3.05, 3.63) is 63.5 Å². The van der Waals surface area contributed by atoms with Crippen molar-refractivity contribution in [2.45, 2.75) is 25.6 Å². The predicted octanol–water partition coefficient (Wildman–Crippen LogP) is 4.92. The summed E-state index contributed by atoms with van der Waals surface area (Å²) in [6.45, 7) is 3.57. The molecule has 3 aromatic heterocycles. The molecule has 1 fully saturated rings. The molecule has 1 aliphatic heterocycles. The lowest BCUT2D eigenvalue weighted by Crippen LogP contribution is -2.28. The molecule has 41 heavy (non-hydrogen) atoms. The number of likely N-dealkylation sites (tertiary alicyclic amines) is 1. The number of carbonyl (C=O) groups is 2. The van der Waals surface area contributed by atoms with E-state index in [0.29, 0.717) is 29.7 Å². The molecule has 1 atom stereocenters. The number of carbonyl (C=O) groups excluding carboxylic acids is 1. The van der Waals surface area contributed by atoms with Crippen molar-refractivity contribution in [3.8, 4) is 21.7 Å². The molecule has 1 saturated heterocycles. The van der Waals surface area contributed by atoms with Crippen LogP contribution in [0.5, 0.6) is 0 Å². The smallest absolute Gasteiger partial charge is 0.434 e. The first kappa shape index (κ1) is 28.2. The Bertz CT molecular complexity index is 1720. The number of alkyl halides is 3. The lowest BCUT2D eigenvalue weighted by Gasteiger charge is -2.20. The maximum absolute atomic E-state index is 13.4. The van der Waals surface area contributed by atoms with Crippen LogP contribution >= 0.6 is 11.3 Å². The molecule has 5 rings (SSSR count). The molecule has 0 radical (unpaired) electrons. The second-order valence-corrected chi connectivity index (χ2v) is 10.5. The first-order chi connectivity index (χ1) is 19.5. The molecule has 214 valence electrons. The number of nitrogens with zero attached hydrogens (tertiary/aromatic N) is 4. The number of halogens is 3. The Kier molecular flexibility index (Phi) is 7.53. The van der Waals surface area contributed by atoms with E-state index < -0.39 is 29.3 Å². The van der Waals surface area contributed by atoms with Gasteiger partial charge in [0.2, 0.25) is 5.43 Å². The molecule has 0 aliphatic carbocycles. The number of hydrogen-bond acceptors (Lipinski definition) is 7. The number of likely N-dealkylation sites (N-methyl/N-ethyl adjacent to an activating group) is 1. The average Bonchev–Trinajstić information content (AvgIpc) is 3.58. The van der Waals surface area contributed by atoms with Crippen molar-refractivity contribution in [2.75, 3.05) is 32.0 Å². The number of fused-ring (bicyclic) bond motifs is 1. The average molecular weight is 587 g/mol. The summed E-state index contributed by atoms with van der Waals surface area (Å²) in [7, 11) is 1.96. The van der Waals surface area contributed by atoms with Crippen LogP contribution in [-0.2, 0) is 6.18 Å². The maximum atomic E-state index is 13.4. The number of pyridine rings is 2. The SMILES string of the molecule is CCNC(=O)Nc1cc(-c2nc(C(F)(F)F)cs2)c(-c2ccc3c(c2)c(=O)c(C(=O)O)cn3C2CCN(C)C2)cn1. The number of aromatic carboxylic acids is 1. The number of benzene rings is 1. The summed E-state index contributed by atoms with van der Waals surface area (Å²) in [5, 5.41) is 15.9. The molecule has 1 aromatic carbocycles. The fraction of sp³-hybridized carbons (Fsp3) is 0.296. The molecule has 0 bridgehead atoms. The highest BCUT2D eigenvalue weighted by atomic mass is 32.1. The van der Waals surface area contributed by atoms with Crippen molar-refractivity contribution < 1.29 is 27.9 Å². The lowest BCUT2D eigenvalue weighted by molar-refractivity contribution is -0.140. The minimum absolute atomic E-state index is 0.0273. The Morgan fingerprint density at radius 3 is 2.63 bits per heavy atom. The van der Waals surface area contributed by atoms with E-state index >= 15 is 0 Å². The molecule has 1 unspecified atom stereocenters. The molecule has 0 saturated carbocycles. The number of anilines is 1. The van der Waals surface area contributed by atoms with Crippen molar-refractivity contribution in [1.29, 1.82) is 0 Å². The summed E-state index contributed by atoms with van der Waals surface area (Å²) in [5.74, 6) is -1.27. The Labute approximate surface area is 235 Å². The first-order valence-electron chi connectivity index (χ1n) is 12.7. The van der Waals surface area contributed by atoms with Gasteiger partial charge in [-0.1, -0.05) is 6.07 Å². The molecular weight excluding hydrogens is 561 g/mol. The highest BCUT2D eigenvalue weighted by molar-refractivity contribution is 7.13. The van der Waals surface area contributed by atoms with Gasteiger partial charge in [-0.05, 0) is 50.7 Å². The van der Waals surface area contributed by atoms with E-state index in [1.165, 1.54) is 24.5 Å². The fourth-order valence-corrected chi connectivity index (χ4v) is 5.75. The highest BCUT2D eigenvalue weighted by Gasteiger charge is 2.34. The third-order valence-electron chi connectivity index (χ3n) is 6.84. The Morgan fingerprint density at radius 2 is 2.00 bits per heavy atom. The van der Waals surface area contributed by atoms with Gasteiger partial charge < -0.3 is 19.9 Å². The summed E-state index contributed by atoms with van der Waals surface area (Å²) in [6, 6.07) is 5.75. The van der Waals surface area contributed by atoms with E-state index in [1.54, 1.807) is 19.1 Å². The van der Waals surface area contributed by atoms with Crippen LogP contribution in [-0.4, -0.2) is 63.2 Å². The van der Waals surface area contributed by atoms with Gasteiger partial charge in [-0.2, -0.15) is 13.2 Å². The number of amides is 2. The van der Waals surface area contributed by atoms with E-state index in [1.807, 2.05) is 11.6 Å². The Balaban J connectivity index is 1.69. The summed E-state index contributed by atoms with van der Waals surface area (Å²) in [6.07, 6.45) is -1.13. The minimum atomic E-state index is -4.65. The van der Waals surface area contributed by atoms with Gasteiger partial charge in [0.25, 0.3) is 0 Å². The van der Waals surface area contributed by atoms with Gasteiger partial charge >= 0.3 is 18.2 Å². The molecule has 0 spiro atoms. The second-order valence-electron chi connectivity index (χ2n) is 9.66. The molecule has 4 heterocycles. The standard InChI is InChI=1S/C27H25F3N6O4S/c1-3-31-26(40)34-22-9-16(24-33-21(13-41-24)27(28,29)30)18(10-32-22)14-4-5-20-17(8-14)23(37)19(25(38)39)12-36(20)15-6-7-35(2)11-15/h4-5,8-10,12-13,15H,3,6-7,11H2,1-2H3,(H,38,39)(H2,31,32,34,40). The molecule has 2 amide bonds. The van der Waals surface area contributed by atoms with Crippen LogP contribution in [0.15, 0.2) is 46.8 Å². The topological polar surface area (TPSA) is 129 Å². The number of thiazole rings is 1. The van der Waals surface area contributed by atoms with E-state index in [0.717, 1.165) is 29.7 Å². The van der Waals surface area contributed by atoms with Crippen LogP contribution in [0.3, 0.4) is 0 Å². The first-order valence-corrected chi connectivity index (χ1v) is 13.5. The Hall–Kier alpha value is -4.30. The normalized spacial score (nSPS) is 15.8. The second kappa shape index (κ2) is 10.9. The Morgan fingerprint density at radius 1 is 1.22 bits per heavy atom. The number of nitrogens with one attached hydrogen (secondary N) is 2. The van der Waals surface area contributed by atoms with Gasteiger partial charge in [-0.15, -0.1) is 11.3 Å². The molecule has 1 aliphatic rings. The zero-order chi connectivity index (χ0) is 29.5. The fourth-order valence-electron chi connectivity index (χ4n) is 4.90. The predicted molar refractivity (Wildman–Crippen MR) is 148 cm³/mol. The van der Waals surface area contributed by atoms with Crippen LogP contribution in [0.1, 0.15) is 35.4 Å². The van der Waals surface area contributed by atoms with Gasteiger partial charge in [-0.25, -0.2) is 19.6 Å². The third kappa shape index (κ3) is 5.65. The zero-order valence-corrected chi connectivity index (χ0v) is 22.8. The van der Waals surface area contributed by atoms with E-state index in [2.05, 4.69) is 25.5 Å². The molecule has 10 nitrogen and oxygen atoms in total. The van der Waals surface area contributed by atoms with Gasteiger partial charge in [-0.3, -0.25) is 10.1 Å². The minimum Gasteiger partial charge on any atom is -0.477 e. The highest BCUT2D eigenvalue weighted by Crippen LogP contribution is 2.39. The summed E-state index contributed by atoms with van der Waals surface area (Å²) >= 11 is 0.773. The van der Waals surface area contributed by atoms with Crippen LogP contribution < -0.4 is 16.1 Å².